The van der Waals surface area contributed by atoms with E-state index in [0.29, 0.717) is 0 Å². The van der Waals surface area contributed by atoms with Gasteiger partial charge >= 0.3 is 41.5 Å². The molecular formula is C4H6Sn2. The van der Waals surface area contributed by atoms with Crippen LogP contribution >= 0.6 is 0 Å². The van der Waals surface area contributed by atoms with Gasteiger partial charge in [0.15, 0.2) is 0 Å². The van der Waals surface area contributed by atoms with Crippen LogP contribution in [-0.2, 0) is 0 Å². The summed E-state index contributed by atoms with van der Waals surface area (Å²) in [6, 6.07) is 0. The van der Waals surface area contributed by atoms with Crippen molar-refractivity contribution in [1.82, 2.24) is 0 Å². The second-order valence-electron chi connectivity index (χ2n) is 1.09. The predicted molar refractivity (Wildman–Crippen MR) is 32.6 cm³/mol. The van der Waals surface area contributed by atoms with Crippen molar-refractivity contribution >= 4 is 45.0 Å². The summed E-state index contributed by atoms with van der Waals surface area (Å²) in [6.07, 6.45) is 4.30. The maximum Gasteiger partial charge on any atom is 0 e. The van der Waals surface area contributed by atoms with Gasteiger partial charge in [0.05, 0.1) is 0 Å². The van der Waals surface area contributed by atoms with Crippen LogP contribution in [0.1, 0.15) is 0 Å². The zero-order valence-electron chi connectivity index (χ0n) is 3.52. The third-order valence-electron chi connectivity index (χ3n) is 0.655. The van der Waals surface area contributed by atoms with Crippen LogP contribution in [0.25, 0.3) is 0 Å². The average molecular weight is 292 g/mol. The normalized spacial score (nSPS) is 14.7. The number of hydrogen-bond acceptors (Lipinski definition) is 0. The van der Waals surface area contributed by atoms with Crippen molar-refractivity contribution in [2.75, 3.05) is 0 Å². The largest absolute Gasteiger partial charge is 0 e. The molecule has 0 nitrogen and oxygen atoms in total. The molecule has 0 bridgehead atoms. The summed E-state index contributed by atoms with van der Waals surface area (Å²) in [5.41, 5.74) is 0. The van der Waals surface area contributed by atoms with Gasteiger partial charge in [-0.15, -0.1) is 0 Å². The van der Waals surface area contributed by atoms with E-state index in [-0.39, 0.29) is 45.0 Å². The molecule has 0 amide bonds. The van der Waals surface area contributed by atoms with Gasteiger partial charge < -0.3 is 0 Å². The van der Waals surface area contributed by atoms with E-state index in [9.17, 15) is 0 Å². The van der Waals surface area contributed by atoms with Gasteiger partial charge in [0.25, 0.3) is 0 Å². The van der Waals surface area contributed by atoms with E-state index in [0.717, 1.165) is 0 Å². The molecule has 0 saturated heterocycles. The molecule has 0 saturated carbocycles. The maximum absolute atomic E-state index is 2.34. The first-order valence-electron chi connectivity index (χ1n) is 1.82. The summed E-state index contributed by atoms with van der Waals surface area (Å²) < 4.78 is 4.67. The number of allylic oxidation sites excluding steroid dienone is 2. The van der Waals surface area contributed by atoms with E-state index in [1.54, 1.807) is 0 Å². The average Bonchev–Trinajstić information content (AvgIpc) is 1.76. The van der Waals surface area contributed by atoms with Gasteiger partial charge in [-0.05, 0) is 0 Å². The molecule has 0 aromatic heterocycles. The van der Waals surface area contributed by atoms with Gasteiger partial charge in [-0.2, -0.15) is 0 Å². The van der Waals surface area contributed by atoms with E-state index in [1.165, 1.54) is 0 Å². The monoisotopic (exact) mass is 294 g/mol. The second-order valence-corrected chi connectivity index (χ2v) is 5.13. The van der Waals surface area contributed by atoms with Gasteiger partial charge in [-0.1, -0.05) is 0 Å². The zero-order chi connectivity index (χ0) is 3.54. The Balaban J connectivity index is 0.000000250. The van der Waals surface area contributed by atoms with E-state index < -0.39 is 0 Å². The van der Waals surface area contributed by atoms with Gasteiger partial charge in [-0.3, -0.25) is 0 Å². The molecule has 1 heterocycles. The quantitative estimate of drug-likeness (QED) is 0.543. The van der Waals surface area contributed by atoms with Crippen LogP contribution in [0.15, 0.2) is 20.3 Å². The summed E-state index contributed by atoms with van der Waals surface area (Å²) in [5.74, 6) is 0. The molecular weight excluding hydrogens is 285 g/mol. The fourth-order valence-electron chi connectivity index (χ4n) is 0.393. The SMILES string of the molecule is C1=[CH][SnH2][CH]=C1.[Sn]. The molecule has 30 valence electrons. The van der Waals surface area contributed by atoms with Crippen molar-refractivity contribution in [3.8, 4) is 0 Å². The molecule has 6 heavy (non-hydrogen) atoms. The first kappa shape index (κ1) is 7.08. The third kappa shape index (κ3) is 2.29. The van der Waals surface area contributed by atoms with Crippen molar-refractivity contribution < 1.29 is 0 Å². The topological polar surface area (TPSA) is 0 Å². The smallest absolute Gasteiger partial charge is 0 e. The molecule has 0 aromatic rings. The second kappa shape index (κ2) is 4.24. The minimum atomic E-state index is -0.308. The van der Waals surface area contributed by atoms with Gasteiger partial charge in [0, 0.05) is 23.9 Å². The summed E-state index contributed by atoms with van der Waals surface area (Å²) >= 11 is -0.308. The Bertz CT molecular complexity index is 63.6. The van der Waals surface area contributed by atoms with E-state index in [1.807, 2.05) is 0 Å². The van der Waals surface area contributed by atoms with Crippen molar-refractivity contribution in [2.45, 2.75) is 0 Å². The van der Waals surface area contributed by atoms with Crippen LogP contribution in [0.5, 0.6) is 0 Å². The number of rotatable bonds is 0. The number of hydrogen-bond donors (Lipinski definition) is 0. The molecule has 2 heteroatoms. The molecule has 0 spiro atoms. The Morgan fingerprint density at radius 1 is 1.00 bits per heavy atom. The Morgan fingerprint density at radius 3 is 1.67 bits per heavy atom. The van der Waals surface area contributed by atoms with Crippen LogP contribution in [-0.4, -0.2) is 45.0 Å². The molecule has 1 rings (SSSR count). The third-order valence-corrected chi connectivity index (χ3v) is 3.76. The molecule has 0 aliphatic carbocycles. The zero-order valence-corrected chi connectivity index (χ0v) is 10.4. The van der Waals surface area contributed by atoms with Crippen LogP contribution < -0.4 is 0 Å². The van der Waals surface area contributed by atoms with Crippen LogP contribution in [0, 0.1) is 0 Å². The van der Waals surface area contributed by atoms with Crippen molar-refractivity contribution in [1.29, 1.82) is 0 Å². The standard InChI is InChI=1S/C4H4.2Sn.2H/c1-3-4-2;;;;/h1-4H;;;;. The van der Waals surface area contributed by atoms with E-state index >= 15 is 0 Å². The molecule has 0 unspecified atom stereocenters. The fourth-order valence-corrected chi connectivity index (χ4v) is 2.64. The Labute approximate surface area is 64.9 Å². The minimum absolute atomic E-state index is 0. The van der Waals surface area contributed by atoms with Crippen LogP contribution in [0.4, 0.5) is 0 Å². The van der Waals surface area contributed by atoms with Crippen molar-refractivity contribution in [2.24, 2.45) is 0 Å². The Hall–Kier alpha value is 1.08. The molecule has 1 aliphatic heterocycles. The van der Waals surface area contributed by atoms with E-state index in [2.05, 4.69) is 20.3 Å². The Morgan fingerprint density at radius 2 is 1.50 bits per heavy atom. The van der Waals surface area contributed by atoms with E-state index in [4.69, 9.17) is 0 Å². The van der Waals surface area contributed by atoms with Crippen molar-refractivity contribution in [3.05, 3.63) is 20.3 Å². The first-order valence-corrected chi connectivity index (χ1v) is 6.48. The molecule has 0 aromatic carbocycles. The van der Waals surface area contributed by atoms with Crippen LogP contribution in [0.3, 0.4) is 0 Å². The summed E-state index contributed by atoms with van der Waals surface area (Å²) in [6.45, 7) is 0. The van der Waals surface area contributed by atoms with Crippen LogP contribution in [0.2, 0.25) is 0 Å². The summed E-state index contributed by atoms with van der Waals surface area (Å²) in [7, 11) is 0. The maximum atomic E-state index is 2.34. The summed E-state index contributed by atoms with van der Waals surface area (Å²) in [4.78, 5) is 0. The molecule has 0 fully saturated rings. The molecule has 0 atom stereocenters. The van der Waals surface area contributed by atoms with Gasteiger partial charge in [0.1, 0.15) is 0 Å². The fraction of sp³-hybridized carbons (Fsp3) is 0. The Kier molecular flexibility index (Phi) is 5.00. The van der Waals surface area contributed by atoms with Crippen molar-refractivity contribution in [3.63, 3.8) is 0 Å². The molecule has 1 aliphatic rings. The first-order chi connectivity index (χ1) is 2.50. The minimum Gasteiger partial charge on any atom is 0 e. The van der Waals surface area contributed by atoms with Gasteiger partial charge in [0.2, 0.25) is 0 Å². The molecule has 4 radical (unpaired) electrons. The predicted octanol–water partition coefficient (Wildman–Crippen LogP) is -0.185. The summed E-state index contributed by atoms with van der Waals surface area (Å²) in [5, 5.41) is 0. The van der Waals surface area contributed by atoms with Gasteiger partial charge in [-0.25, -0.2) is 0 Å². The molecule has 0 N–H and O–H groups in total.